The van der Waals surface area contributed by atoms with Gasteiger partial charge in [-0.25, -0.2) is 0 Å². The summed E-state index contributed by atoms with van der Waals surface area (Å²) in [5.74, 6) is -0.504. The van der Waals surface area contributed by atoms with Gasteiger partial charge in [0.15, 0.2) is 0 Å². The highest BCUT2D eigenvalue weighted by molar-refractivity contribution is 14.3. The topological polar surface area (TPSA) is 49.3 Å². The van der Waals surface area contributed by atoms with Crippen LogP contribution < -0.4 is 5.09 Å². The van der Waals surface area contributed by atoms with Gasteiger partial charge in [0, 0.05) is 5.75 Å². The summed E-state index contributed by atoms with van der Waals surface area (Å²) in [5.41, 5.74) is 0. The van der Waals surface area contributed by atoms with Crippen molar-refractivity contribution in [3.8, 4) is 0 Å². The Hall–Kier alpha value is 1.67. The summed E-state index contributed by atoms with van der Waals surface area (Å²) in [6.07, 6.45) is 0. The van der Waals surface area contributed by atoms with E-state index < -0.39 is 15.4 Å². The van der Waals surface area contributed by atoms with Crippen molar-refractivity contribution in [1.82, 2.24) is 5.09 Å². The summed E-state index contributed by atoms with van der Waals surface area (Å²) in [4.78, 5) is 10.4. The molecular weight excluding hydrogens is 399 g/mol. The maximum absolute atomic E-state index is 10.4. The molecule has 0 rings (SSSR count). The second kappa shape index (κ2) is 6.22. The number of rotatable bonds is 4. The molecule has 3 nitrogen and oxygen atoms in total. The van der Waals surface area contributed by atoms with E-state index >= 15 is 0 Å². The number of hydrogen-bond donors (Lipinski definition) is 3. The van der Waals surface area contributed by atoms with Crippen molar-refractivity contribution in [3.63, 3.8) is 0 Å². The molecule has 10 heavy (non-hydrogen) atoms. The van der Waals surface area contributed by atoms with Gasteiger partial charge in [0.05, 0.1) is 3.36 Å². The Morgan fingerprint density at radius 1 is 1.80 bits per heavy atom. The molecule has 0 aliphatic carbocycles. The van der Waals surface area contributed by atoms with Gasteiger partial charge in [-0.05, 0) is 44.1 Å². The summed E-state index contributed by atoms with van der Waals surface area (Å²) in [7, 11) is 0. The number of carboxylic acid groups (broad SMARTS) is 1. The first kappa shape index (κ1) is 11.7. The van der Waals surface area contributed by atoms with Gasteiger partial charge >= 0.3 is 5.97 Å². The monoisotopic (exact) mass is 405 g/mol. The van der Waals surface area contributed by atoms with E-state index in [9.17, 15) is 4.79 Å². The Balaban J connectivity index is 3.72. The molecule has 0 amide bonds. The summed E-state index contributed by atoms with van der Waals surface area (Å²) < 4.78 is -0.418. The molecule has 1 unspecified atom stereocenters. The number of halogens is 2. The van der Waals surface area contributed by atoms with Crippen molar-refractivity contribution in [1.29, 1.82) is 0 Å². The van der Waals surface area contributed by atoms with E-state index in [0.717, 1.165) is 0 Å². The molecule has 0 aromatic heterocycles. The maximum Gasteiger partial charge on any atom is 0.321 e. The van der Waals surface area contributed by atoms with Crippen molar-refractivity contribution in [2.24, 2.45) is 0 Å². The molecule has 0 aliphatic heterocycles. The second-order valence-corrected chi connectivity index (χ2v) is 13.9. The smallest absolute Gasteiger partial charge is 0.321 e. The summed E-state index contributed by atoms with van der Waals surface area (Å²) in [5, 5.41) is 11.4. The molecule has 7 heteroatoms. The zero-order valence-electron chi connectivity index (χ0n) is 4.79. The highest BCUT2D eigenvalue weighted by Gasteiger charge is 2.16. The van der Waals surface area contributed by atoms with Crippen molar-refractivity contribution >= 4 is 66.0 Å². The van der Waals surface area contributed by atoms with Crippen LogP contribution in [0.5, 0.6) is 0 Å². The van der Waals surface area contributed by atoms with Gasteiger partial charge in [-0.3, -0.25) is 9.88 Å². The van der Waals surface area contributed by atoms with Gasteiger partial charge in [-0.15, -0.1) is 0 Å². The van der Waals surface area contributed by atoms with E-state index in [4.69, 9.17) is 5.11 Å². The highest BCUT2D eigenvalue weighted by Crippen LogP contribution is 2.49. The van der Waals surface area contributed by atoms with E-state index in [1.54, 1.807) is 0 Å². The Morgan fingerprint density at radius 2 is 2.30 bits per heavy atom. The summed E-state index contributed by atoms with van der Waals surface area (Å²) >= 11 is 8.20. The summed E-state index contributed by atoms with van der Waals surface area (Å²) in [6.45, 7) is 0. The third-order valence-corrected chi connectivity index (χ3v) is 3.28. The zero-order chi connectivity index (χ0) is 8.15. The van der Waals surface area contributed by atoms with E-state index in [-0.39, 0.29) is 0 Å². The summed E-state index contributed by atoms with van der Waals surface area (Å²) in [6, 6.07) is -0.511. The number of aliphatic carboxylic acids is 1. The van der Waals surface area contributed by atoms with Crippen LogP contribution in [0.1, 0.15) is 0 Å². The lowest BCUT2D eigenvalue weighted by atomic mass is 10.4. The quantitative estimate of drug-likeness (QED) is 0.382. The van der Waals surface area contributed by atoms with E-state index in [0.29, 0.717) is 5.75 Å². The molecule has 0 saturated carbocycles. The third-order valence-electron chi connectivity index (χ3n) is 0.734. The number of carboxylic acids is 1. The van der Waals surface area contributed by atoms with Crippen LogP contribution in [0.15, 0.2) is 0 Å². The fourth-order valence-electron chi connectivity index (χ4n) is 0.292. The van der Waals surface area contributed by atoms with Gasteiger partial charge in [0.25, 0.3) is 0 Å². The molecule has 0 heterocycles. The molecular formula is C3H6I2NO2PS. The molecule has 0 fully saturated rings. The Kier molecular flexibility index (Phi) is 7.25. The molecule has 0 radical (unpaired) electrons. The van der Waals surface area contributed by atoms with Gasteiger partial charge in [0.1, 0.15) is 6.04 Å². The Bertz CT molecular complexity index is 125. The molecule has 60 valence electrons. The van der Waals surface area contributed by atoms with Gasteiger partial charge in [-0.2, -0.15) is 12.6 Å². The minimum atomic E-state index is -0.837. The van der Waals surface area contributed by atoms with E-state index in [1.165, 1.54) is 0 Å². The van der Waals surface area contributed by atoms with Crippen LogP contribution in [0, 0.1) is 0 Å². The molecule has 1 atom stereocenters. The first-order valence-corrected chi connectivity index (χ1v) is 9.84. The first-order valence-electron chi connectivity index (χ1n) is 2.29. The third kappa shape index (κ3) is 5.34. The molecule has 0 aliphatic rings. The van der Waals surface area contributed by atoms with Crippen molar-refractivity contribution < 1.29 is 9.90 Å². The van der Waals surface area contributed by atoms with Crippen LogP contribution in [-0.4, -0.2) is 22.9 Å². The average Bonchev–Trinajstić information content (AvgIpc) is 1.81. The zero-order valence-corrected chi connectivity index (χ0v) is 10.9. The lowest BCUT2D eigenvalue weighted by Crippen LogP contribution is -2.33. The Labute approximate surface area is 91.9 Å². The van der Waals surface area contributed by atoms with Crippen LogP contribution in [0.3, 0.4) is 0 Å². The lowest BCUT2D eigenvalue weighted by molar-refractivity contribution is -0.138. The highest BCUT2D eigenvalue weighted by atomic mass is 127. The number of nitrogens with one attached hydrogen (secondary N) is 1. The molecule has 0 aromatic carbocycles. The largest absolute Gasteiger partial charge is 0.480 e. The van der Waals surface area contributed by atoms with Crippen LogP contribution in [-0.2, 0) is 4.79 Å². The Morgan fingerprint density at radius 3 is 2.40 bits per heavy atom. The van der Waals surface area contributed by atoms with E-state index in [2.05, 4.69) is 61.8 Å². The molecule has 0 aromatic rings. The van der Waals surface area contributed by atoms with Crippen LogP contribution in [0.2, 0.25) is 0 Å². The van der Waals surface area contributed by atoms with Crippen LogP contribution in [0.4, 0.5) is 0 Å². The number of carbonyl (C=O) groups is 1. The minimum absolute atomic E-state index is 0.334. The van der Waals surface area contributed by atoms with Crippen molar-refractivity contribution in [2.75, 3.05) is 5.75 Å². The van der Waals surface area contributed by atoms with Gasteiger partial charge in [-0.1, -0.05) is 0 Å². The average molecular weight is 405 g/mol. The van der Waals surface area contributed by atoms with Gasteiger partial charge < -0.3 is 5.11 Å². The lowest BCUT2D eigenvalue weighted by Gasteiger charge is -2.11. The fourth-order valence-corrected chi connectivity index (χ4v) is 3.14. The normalized spacial score (nSPS) is 13.6. The van der Waals surface area contributed by atoms with Crippen LogP contribution in [0.25, 0.3) is 0 Å². The molecule has 0 spiro atoms. The number of thiol groups is 1. The minimum Gasteiger partial charge on any atom is -0.480 e. The van der Waals surface area contributed by atoms with Crippen LogP contribution >= 0.6 is 60.1 Å². The van der Waals surface area contributed by atoms with Gasteiger partial charge in [0.2, 0.25) is 0 Å². The SMILES string of the molecule is O=C(O)C(CS)NP(I)I. The molecule has 2 N–H and O–H groups in total. The van der Waals surface area contributed by atoms with Crippen molar-refractivity contribution in [2.45, 2.75) is 6.04 Å². The van der Waals surface area contributed by atoms with E-state index in [1.807, 2.05) is 0 Å². The predicted molar refractivity (Wildman–Crippen MR) is 63.4 cm³/mol. The molecule has 0 bridgehead atoms. The number of hydrogen-bond acceptors (Lipinski definition) is 3. The fraction of sp³-hybridized carbons (Fsp3) is 0.667. The van der Waals surface area contributed by atoms with Crippen molar-refractivity contribution in [3.05, 3.63) is 0 Å². The molecule has 0 saturated heterocycles. The standard InChI is InChI=1S/C3H6I2NO2PS/c4-9(5)6-2(1-10)3(7)8/h2,6,10H,1H2,(H,7,8). The second-order valence-electron chi connectivity index (χ2n) is 1.44. The predicted octanol–water partition coefficient (Wildman–Crippen LogP) is 2.06. The maximum atomic E-state index is 10.4. The first-order chi connectivity index (χ1) is 4.57.